The van der Waals surface area contributed by atoms with Crippen molar-refractivity contribution in [1.29, 1.82) is 0 Å². The maximum absolute atomic E-state index is 13.7. The summed E-state index contributed by atoms with van der Waals surface area (Å²) in [6.07, 6.45) is 3.34. The van der Waals surface area contributed by atoms with Gasteiger partial charge < -0.3 is 20.3 Å². The predicted molar refractivity (Wildman–Crippen MR) is 142 cm³/mol. The maximum atomic E-state index is 13.7. The number of nitrogens with one attached hydrogen (secondary N) is 2. The highest BCUT2D eigenvalue weighted by atomic mass is 35.5. The van der Waals surface area contributed by atoms with Crippen LogP contribution in [-0.2, 0) is 14.6 Å². The number of rotatable bonds is 9. The lowest BCUT2D eigenvalue weighted by Crippen LogP contribution is -2.65. The number of halogens is 3. The molecular weight excluding hydrogens is 554 g/mol. The number of aromatic nitrogens is 1. The van der Waals surface area contributed by atoms with Crippen LogP contribution in [0.4, 0.5) is 14.6 Å². The zero-order valence-electron chi connectivity index (χ0n) is 21.8. The minimum Gasteiger partial charge on any atom is -0.477 e. The molecule has 2 N–H and O–H groups in total. The molecule has 2 aromatic rings. The molecule has 0 radical (unpaired) electrons. The van der Waals surface area contributed by atoms with Gasteiger partial charge in [-0.05, 0) is 76.3 Å². The summed E-state index contributed by atoms with van der Waals surface area (Å²) in [6.45, 7) is 2.27. The van der Waals surface area contributed by atoms with Crippen molar-refractivity contribution in [2.24, 2.45) is 0 Å². The van der Waals surface area contributed by atoms with Crippen molar-refractivity contribution in [1.82, 2.24) is 15.6 Å². The molecule has 13 heteroatoms. The summed E-state index contributed by atoms with van der Waals surface area (Å²) in [7, 11) is -3.70. The van der Waals surface area contributed by atoms with Crippen molar-refractivity contribution in [3.63, 3.8) is 0 Å². The van der Waals surface area contributed by atoms with Crippen LogP contribution < -0.4 is 20.3 Å². The van der Waals surface area contributed by atoms with Crippen molar-refractivity contribution in [3.05, 3.63) is 47.1 Å². The summed E-state index contributed by atoms with van der Waals surface area (Å²) >= 11 is 6.00. The van der Waals surface area contributed by atoms with E-state index in [-0.39, 0.29) is 27.3 Å². The third-order valence-electron chi connectivity index (χ3n) is 7.08. The topological polar surface area (TPSA) is 118 Å². The van der Waals surface area contributed by atoms with Gasteiger partial charge in [0.2, 0.25) is 0 Å². The Hall–Kier alpha value is -2.99. The fraction of sp³-hybridized carbons (Fsp3) is 0.500. The summed E-state index contributed by atoms with van der Waals surface area (Å²) in [4.78, 5) is 32.7. The molecule has 2 bridgehead atoms. The maximum Gasteiger partial charge on any atom is 0.265 e. The summed E-state index contributed by atoms with van der Waals surface area (Å²) in [6, 6.07) is 7.21. The van der Waals surface area contributed by atoms with Crippen LogP contribution in [0.1, 0.15) is 56.3 Å². The molecule has 2 fully saturated rings. The van der Waals surface area contributed by atoms with Gasteiger partial charge in [0.1, 0.15) is 22.1 Å². The van der Waals surface area contributed by atoms with Crippen molar-refractivity contribution >= 4 is 39.1 Å². The highest BCUT2D eigenvalue weighted by Gasteiger charge is 2.52. The molecule has 4 rings (SSSR count). The standard InChI is InChI=1S/C26H31ClF2N4O5S/c1-25(2,38-19-9-8-16(27)14-20(19)39(3,36)37)24(35)32-26-11-4-6-17(10-12-26)33(26)22-18(7-5-13-30-22)23(34)31-15-21(28)29/h5,7-9,13-14,17,21H,4,6,10-12,15H2,1-3H3,(H,31,34)(H,32,35). The molecule has 0 saturated carbocycles. The quantitative estimate of drug-likeness (QED) is 0.458. The number of alkyl halides is 2. The fourth-order valence-corrected chi connectivity index (χ4v) is 6.34. The Kier molecular flexibility index (Phi) is 8.09. The number of hydrogen-bond donors (Lipinski definition) is 2. The zero-order valence-corrected chi connectivity index (χ0v) is 23.4. The fourth-order valence-electron chi connectivity index (χ4n) is 5.28. The summed E-state index contributed by atoms with van der Waals surface area (Å²) in [5.41, 5.74) is -2.25. The number of nitrogens with zero attached hydrogens (tertiary/aromatic N) is 2. The number of anilines is 1. The van der Waals surface area contributed by atoms with Crippen molar-refractivity contribution in [2.75, 3.05) is 17.7 Å². The van der Waals surface area contributed by atoms with E-state index in [0.29, 0.717) is 18.7 Å². The number of hydrogen-bond acceptors (Lipinski definition) is 7. The van der Waals surface area contributed by atoms with E-state index in [1.165, 1.54) is 44.3 Å². The normalized spacial score (nSPS) is 21.1. The van der Waals surface area contributed by atoms with E-state index in [2.05, 4.69) is 15.6 Å². The average molecular weight is 585 g/mol. The molecule has 3 heterocycles. The molecule has 0 spiro atoms. The average Bonchev–Trinajstić information content (AvgIpc) is 3.07. The molecule has 1 aromatic heterocycles. The smallest absolute Gasteiger partial charge is 0.265 e. The molecule has 2 unspecified atom stereocenters. The minimum atomic E-state index is -3.70. The van der Waals surface area contributed by atoms with Crippen molar-refractivity contribution in [2.45, 2.75) is 74.6 Å². The van der Waals surface area contributed by atoms with Gasteiger partial charge in [-0.2, -0.15) is 0 Å². The number of fused-ring (bicyclic) bond motifs is 2. The summed E-state index contributed by atoms with van der Waals surface area (Å²) in [5, 5.41) is 5.56. The third-order valence-corrected chi connectivity index (χ3v) is 8.44. The second-order valence-electron chi connectivity index (χ2n) is 10.4. The number of amides is 2. The monoisotopic (exact) mass is 584 g/mol. The Balaban J connectivity index is 1.63. The van der Waals surface area contributed by atoms with Gasteiger partial charge in [-0.3, -0.25) is 9.59 Å². The van der Waals surface area contributed by atoms with Crippen LogP contribution in [0.5, 0.6) is 5.75 Å². The highest BCUT2D eigenvalue weighted by Crippen LogP contribution is 2.46. The van der Waals surface area contributed by atoms with Gasteiger partial charge in [0.25, 0.3) is 18.2 Å². The van der Waals surface area contributed by atoms with Gasteiger partial charge in [-0.15, -0.1) is 0 Å². The molecule has 0 aliphatic carbocycles. The summed E-state index contributed by atoms with van der Waals surface area (Å²) in [5.74, 6) is -0.872. The van der Waals surface area contributed by atoms with Crippen LogP contribution in [0.3, 0.4) is 0 Å². The Labute approximate surface area is 231 Å². The number of piperidine rings is 1. The van der Waals surface area contributed by atoms with Crippen LogP contribution in [0.2, 0.25) is 5.02 Å². The first-order valence-corrected chi connectivity index (χ1v) is 14.8. The molecule has 1 aromatic carbocycles. The molecule has 2 aliphatic rings. The van der Waals surface area contributed by atoms with E-state index in [1.54, 1.807) is 6.07 Å². The first-order valence-electron chi connectivity index (χ1n) is 12.6. The number of sulfone groups is 1. The van der Waals surface area contributed by atoms with Gasteiger partial charge in [0.05, 0.1) is 12.1 Å². The molecule has 2 atom stereocenters. The van der Waals surface area contributed by atoms with Crippen LogP contribution in [0, 0.1) is 0 Å². The van der Waals surface area contributed by atoms with E-state index in [1.807, 2.05) is 4.90 Å². The molecule has 212 valence electrons. The molecule has 2 amide bonds. The van der Waals surface area contributed by atoms with Crippen LogP contribution in [-0.4, -0.2) is 61.7 Å². The van der Waals surface area contributed by atoms with Crippen molar-refractivity contribution in [3.8, 4) is 5.75 Å². The van der Waals surface area contributed by atoms with Gasteiger partial charge in [-0.1, -0.05) is 11.6 Å². The third kappa shape index (κ3) is 6.11. The van der Waals surface area contributed by atoms with E-state index >= 15 is 0 Å². The van der Waals surface area contributed by atoms with Crippen LogP contribution in [0.15, 0.2) is 41.4 Å². The minimum absolute atomic E-state index is 0.00735. The molecule has 39 heavy (non-hydrogen) atoms. The molecule has 2 aliphatic heterocycles. The van der Waals surface area contributed by atoms with Gasteiger partial charge >= 0.3 is 0 Å². The van der Waals surface area contributed by atoms with E-state index in [0.717, 1.165) is 25.5 Å². The predicted octanol–water partition coefficient (Wildman–Crippen LogP) is 3.96. The molecule has 9 nitrogen and oxygen atoms in total. The number of carbonyl (C=O) groups excluding carboxylic acids is 2. The van der Waals surface area contributed by atoms with Crippen molar-refractivity contribution < 1.29 is 31.5 Å². The summed E-state index contributed by atoms with van der Waals surface area (Å²) < 4.78 is 56.1. The number of benzene rings is 1. The van der Waals surface area contributed by atoms with Crippen LogP contribution >= 0.6 is 11.6 Å². The first kappa shape index (κ1) is 29.0. The Morgan fingerprint density at radius 1 is 1.26 bits per heavy atom. The van der Waals surface area contributed by atoms with Gasteiger partial charge in [0, 0.05) is 23.5 Å². The van der Waals surface area contributed by atoms with Gasteiger partial charge in [0.15, 0.2) is 15.4 Å². The lowest BCUT2D eigenvalue weighted by Gasteiger charge is -2.47. The lowest BCUT2D eigenvalue weighted by atomic mass is 9.94. The molecular formula is C26H31ClF2N4O5S. The SMILES string of the molecule is CC(C)(Oc1ccc(Cl)cc1S(C)(=O)=O)C(=O)NC12CCCC(CC1)N2c1ncccc1C(=O)NCC(F)F. The Morgan fingerprint density at radius 3 is 2.69 bits per heavy atom. The Bertz CT molecular complexity index is 1370. The highest BCUT2D eigenvalue weighted by molar-refractivity contribution is 7.90. The van der Waals surface area contributed by atoms with Gasteiger partial charge in [-0.25, -0.2) is 22.2 Å². The van der Waals surface area contributed by atoms with E-state index in [4.69, 9.17) is 16.3 Å². The number of ether oxygens (including phenoxy) is 1. The van der Waals surface area contributed by atoms with Crippen LogP contribution in [0.25, 0.3) is 0 Å². The number of pyridine rings is 1. The second kappa shape index (κ2) is 10.9. The molecule has 2 saturated heterocycles. The largest absolute Gasteiger partial charge is 0.477 e. The second-order valence-corrected chi connectivity index (χ2v) is 12.8. The Morgan fingerprint density at radius 2 is 2.00 bits per heavy atom. The first-order chi connectivity index (χ1) is 18.2. The lowest BCUT2D eigenvalue weighted by molar-refractivity contribution is -0.136. The number of carbonyl (C=O) groups is 2. The van der Waals surface area contributed by atoms with E-state index < -0.39 is 45.9 Å². The zero-order chi connectivity index (χ0) is 28.6. The van der Waals surface area contributed by atoms with E-state index in [9.17, 15) is 26.8 Å².